The highest BCUT2D eigenvalue weighted by Crippen LogP contribution is 2.19. The van der Waals surface area contributed by atoms with Crippen molar-refractivity contribution >= 4 is 5.69 Å². The quantitative estimate of drug-likeness (QED) is 0.383. The molecule has 1 aromatic rings. The van der Waals surface area contributed by atoms with Crippen molar-refractivity contribution < 1.29 is 4.74 Å². The second kappa shape index (κ2) is 4.26. The van der Waals surface area contributed by atoms with Crippen molar-refractivity contribution in [1.82, 2.24) is 0 Å². The van der Waals surface area contributed by atoms with Gasteiger partial charge in [-0.15, -0.1) is 0 Å². The summed E-state index contributed by atoms with van der Waals surface area (Å²) in [7, 11) is 0. The molecule has 4 heteroatoms. The summed E-state index contributed by atoms with van der Waals surface area (Å²) < 4.78 is 5.21. The maximum absolute atomic E-state index is 8.16. The van der Waals surface area contributed by atoms with E-state index >= 15 is 0 Å². The molecule has 62 valence electrons. The molecule has 0 amide bonds. The van der Waals surface area contributed by atoms with Crippen LogP contribution in [-0.2, 0) is 0 Å². The second-order valence-electron chi connectivity index (χ2n) is 2.12. The molecule has 4 nitrogen and oxygen atoms in total. The second-order valence-corrected chi connectivity index (χ2v) is 2.12. The molecule has 0 fully saturated rings. The third kappa shape index (κ3) is 2.18. The van der Waals surface area contributed by atoms with Crippen LogP contribution in [0.1, 0.15) is 6.92 Å². The number of azide groups is 1. The third-order valence-electron chi connectivity index (χ3n) is 1.29. The lowest BCUT2D eigenvalue weighted by Crippen LogP contribution is -1.89. The van der Waals surface area contributed by atoms with Crippen LogP contribution < -0.4 is 4.74 Å². The summed E-state index contributed by atoms with van der Waals surface area (Å²) in [5, 5.41) is 3.45. The average molecular weight is 163 g/mol. The van der Waals surface area contributed by atoms with E-state index in [-0.39, 0.29) is 0 Å². The molecule has 0 aromatic heterocycles. The lowest BCUT2D eigenvalue weighted by atomic mass is 10.3. The highest BCUT2D eigenvalue weighted by atomic mass is 16.5. The number of nitrogens with zero attached hydrogens (tertiary/aromatic N) is 3. The van der Waals surface area contributed by atoms with Gasteiger partial charge in [0.2, 0.25) is 0 Å². The predicted molar refractivity (Wildman–Crippen MR) is 46.4 cm³/mol. The van der Waals surface area contributed by atoms with Crippen molar-refractivity contribution in [3.63, 3.8) is 0 Å². The first kappa shape index (κ1) is 8.43. The van der Waals surface area contributed by atoms with Crippen molar-refractivity contribution in [2.24, 2.45) is 5.11 Å². The third-order valence-corrected chi connectivity index (χ3v) is 1.29. The summed E-state index contributed by atoms with van der Waals surface area (Å²) in [5.41, 5.74) is 8.73. The monoisotopic (exact) mass is 163 g/mol. The van der Waals surface area contributed by atoms with Crippen LogP contribution in [0.5, 0.6) is 5.75 Å². The number of rotatable bonds is 3. The van der Waals surface area contributed by atoms with Crippen LogP contribution in [0, 0.1) is 0 Å². The van der Waals surface area contributed by atoms with Crippen molar-refractivity contribution in [3.8, 4) is 5.75 Å². The van der Waals surface area contributed by atoms with Crippen LogP contribution in [0.3, 0.4) is 0 Å². The summed E-state index contributed by atoms with van der Waals surface area (Å²) in [4.78, 5) is 2.68. The number of hydrogen-bond donors (Lipinski definition) is 0. The van der Waals surface area contributed by atoms with Gasteiger partial charge in [-0.2, -0.15) is 0 Å². The largest absolute Gasteiger partial charge is 0.494 e. The first-order chi connectivity index (χ1) is 5.86. The molecular formula is C8H9N3O. The summed E-state index contributed by atoms with van der Waals surface area (Å²) in [6.07, 6.45) is 0. The normalized spacial score (nSPS) is 8.75. The van der Waals surface area contributed by atoms with Gasteiger partial charge in [0.15, 0.2) is 0 Å². The van der Waals surface area contributed by atoms with Crippen LogP contribution in [-0.4, -0.2) is 6.61 Å². The molecule has 0 atom stereocenters. The standard InChI is InChI=1S/C8H9N3O/c1-2-12-8-5-3-4-7(6-8)10-11-9/h3-6H,2H2,1H3. The van der Waals surface area contributed by atoms with Gasteiger partial charge in [-0.25, -0.2) is 0 Å². The number of hydrogen-bond acceptors (Lipinski definition) is 2. The van der Waals surface area contributed by atoms with Gasteiger partial charge in [-0.05, 0) is 24.6 Å². The zero-order valence-electron chi connectivity index (χ0n) is 6.77. The van der Waals surface area contributed by atoms with Crippen molar-refractivity contribution in [2.75, 3.05) is 6.61 Å². The molecule has 0 unspecified atom stereocenters. The average Bonchev–Trinajstić information content (AvgIpc) is 2.06. The fourth-order valence-corrected chi connectivity index (χ4v) is 0.854. The maximum atomic E-state index is 8.16. The predicted octanol–water partition coefficient (Wildman–Crippen LogP) is 3.03. The molecule has 1 rings (SSSR count). The Morgan fingerprint density at radius 1 is 1.58 bits per heavy atom. The lowest BCUT2D eigenvalue weighted by molar-refractivity contribution is 0.340. The minimum atomic E-state index is 0.573. The Hall–Kier alpha value is -1.67. The number of ether oxygens (including phenoxy) is 1. The summed E-state index contributed by atoms with van der Waals surface area (Å²) in [6, 6.07) is 7.03. The van der Waals surface area contributed by atoms with Crippen LogP contribution >= 0.6 is 0 Å². The summed E-state index contributed by atoms with van der Waals surface area (Å²) in [5.74, 6) is 0.724. The molecule has 0 saturated heterocycles. The van der Waals surface area contributed by atoms with Crippen molar-refractivity contribution in [1.29, 1.82) is 0 Å². The van der Waals surface area contributed by atoms with E-state index in [9.17, 15) is 0 Å². The van der Waals surface area contributed by atoms with E-state index in [0.717, 1.165) is 5.75 Å². The molecule has 0 aliphatic carbocycles. The van der Waals surface area contributed by atoms with E-state index in [1.807, 2.05) is 13.0 Å². The van der Waals surface area contributed by atoms with Crippen LogP contribution in [0.15, 0.2) is 29.4 Å². The van der Waals surface area contributed by atoms with Gasteiger partial charge in [0.05, 0.1) is 6.61 Å². The molecule has 1 aromatic carbocycles. The van der Waals surface area contributed by atoms with E-state index in [2.05, 4.69) is 10.0 Å². The van der Waals surface area contributed by atoms with Crippen molar-refractivity contribution in [3.05, 3.63) is 34.7 Å². The Bertz CT molecular complexity index is 305. The van der Waals surface area contributed by atoms with Gasteiger partial charge in [0.25, 0.3) is 0 Å². The molecule has 0 saturated carbocycles. The van der Waals surface area contributed by atoms with Crippen LogP contribution in [0.4, 0.5) is 5.69 Å². The van der Waals surface area contributed by atoms with E-state index in [1.54, 1.807) is 18.2 Å². The maximum Gasteiger partial charge on any atom is 0.119 e. The van der Waals surface area contributed by atoms with Crippen LogP contribution in [0.25, 0.3) is 10.4 Å². The molecule has 0 aliphatic rings. The van der Waals surface area contributed by atoms with Gasteiger partial charge in [-0.1, -0.05) is 17.2 Å². The minimum Gasteiger partial charge on any atom is -0.494 e. The fourth-order valence-electron chi connectivity index (χ4n) is 0.854. The topological polar surface area (TPSA) is 58.0 Å². The molecule has 12 heavy (non-hydrogen) atoms. The molecule has 0 spiro atoms. The highest BCUT2D eigenvalue weighted by molar-refractivity contribution is 5.42. The minimum absolute atomic E-state index is 0.573. The van der Waals surface area contributed by atoms with Gasteiger partial charge >= 0.3 is 0 Å². The first-order valence-corrected chi connectivity index (χ1v) is 3.64. The smallest absolute Gasteiger partial charge is 0.119 e. The Morgan fingerprint density at radius 3 is 3.08 bits per heavy atom. The van der Waals surface area contributed by atoms with E-state index in [1.165, 1.54) is 0 Å². The van der Waals surface area contributed by atoms with Gasteiger partial charge < -0.3 is 4.74 Å². The van der Waals surface area contributed by atoms with Crippen molar-refractivity contribution in [2.45, 2.75) is 6.92 Å². The highest BCUT2D eigenvalue weighted by Gasteiger charge is 1.92. The Morgan fingerprint density at radius 2 is 2.42 bits per heavy atom. The first-order valence-electron chi connectivity index (χ1n) is 3.64. The van der Waals surface area contributed by atoms with Gasteiger partial charge in [0.1, 0.15) is 5.75 Å². The summed E-state index contributed by atoms with van der Waals surface area (Å²) in [6.45, 7) is 2.51. The van der Waals surface area contributed by atoms with Gasteiger partial charge in [0, 0.05) is 10.6 Å². The summed E-state index contributed by atoms with van der Waals surface area (Å²) >= 11 is 0. The van der Waals surface area contributed by atoms with Gasteiger partial charge in [-0.3, -0.25) is 0 Å². The van der Waals surface area contributed by atoms with Crippen LogP contribution in [0.2, 0.25) is 0 Å². The zero-order valence-corrected chi connectivity index (χ0v) is 6.77. The zero-order chi connectivity index (χ0) is 8.81. The lowest BCUT2D eigenvalue weighted by Gasteiger charge is -2.01. The molecule has 0 radical (unpaired) electrons. The molecule has 0 bridgehead atoms. The Balaban J connectivity index is 2.87. The molecule has 0 aliphatic heterocycles. The fraction of sp³-hybridized carbons (Fsp3) is 0.250. The van der Waals surface area contributed by atoms with E-state index in [0.29, 0.717) is 12.3 Å². The Labute approximate surface area is 70.4 Å². The Kier molecular flexibility index (Phi) is 2.99. The van der Waals surface area contributed by atoms with E-state index < -0.39 is 0 Å². The molecular weight excluding hydrogens is 154 g/mol. The number of benzene rings is 1. The molecule has 0 heterocycles. The van der Waals surface area contributed by atoms with E-state index in [4.69, 9.17) is 10.3 Å². The SMILES string of the molecule is CCOc1cccc(N=[N+]=[N-])c1. The molecule has 0 N–H and O–H groups in total.